The molecule has 1 amide bonds. The zero-order valence-corrected chi connectivity index (χ0v) is 10.1. The zero-order chi connectivity index (χ0) is 13.4. The predicted molar refractivity (Wildman–Crippen MR) is 64.4 cm³/mol. The van der Waals surface area contributed by atoms with Gasteiger partial charge in [0.25, 0.3) is 0 Å². The Labute approximate surface area is 104 Å². The third-order valence-corrected chi connectivity index (χ3v) is 2.24. The van der Waals surface area contributed by atoms with Crippen molar-refractivity contribution in [1.82, 2.24) is 5.32 Å². The van der Waals surface area contributed by atoms with E-state index < -0.39 is 23.2 Å². The molecule has 0 fully saturated rings. The molecule has 1 aromatic carbocycles. The van der Waals surface area contributed by atoms with Crippen molar-refractivity contribution in [1.29, 1.82) is 0 Å². The first-order valence-corrected chi connectivity index (χ1v) is 5.58. The smallest absolute Gasteiger partial charge is 0.225 e. The molecule has 0 radical (unpaired) electrons. The van der Waals surface area contributed by atoms with Crippen LogP contribution < -0.4 is 10.6 Å². The topological polar surface area (TPSA) is 50.4 Å². The van der Waals surface area contributed by atoms with Crippen LogP contribution in [0.4, 0.5) is 14.5 Å². The molecule has 0 heterocycles. The van der Waals surface area contributed by atoms with E-state index in [-0.39, 0.29) is 6.42 Å². The average Bonchev–Trinajstić information content (AvgIpc) is 2.34. The Bertz CT molecular complexity index is 379. The Kier molecular flexibility index (Phi) is 6.24. The standard InChI is InChI=1S/C12H16F2N2O2/c1-18-8-7-15-6-5-11(17)16-12-9(13)3-2-4-10(12)14/h2-4,15H,5-8H2,1H3,(H,16,17). The van der Waals surface area contributed by atoms with Gasteiger partial charge in [0.15, 0.2) is 0 Å². The fourth-order valence-corrected chi connectivity index (χ4v) is 1.32. The summed E-state index contributed by atoms with van der Waals surface area (Å²) in [4.78, 5) is 11.4. The number of hydrogen-bond acceptors (Lipinski definition) is 3. The van der Waals surface area contributed by atoms with E-state index in [9.17, 15) is 13.6 Å². The average molecular weight is 258 g/mol. The van der Waals surface area contributed by atoms with Crippen LogP contribution in [-0.4, -0.2) is 32.7 Å². The normalized spacial score (nSPS) is 10.4. The van der Waals surface area contributed by atoms with Crippen LogP contribution in [0, 0.1) is 11.6 Å². The first kappa shape index (κ1) is 14.5. The molecule has 0 saturated carbocycles. The second-order valence-corrected chi connectivity index (χ2v) is 3.64. The lowest BCUT2D eigenvalue weighted by Crippen LogP contribution is -2.25. The van der Waals surface area contributed by atoms with Gasteiger partial charge in [-0.25, -0.2) is 8.78 Å². The molecule has 1 aromatic rings. The van der Waals surface area contributed by atoms with Crippen molar-refractivity contribution in [2.24, 2.45) is 0 Å². The summed E-state index contributed by atoms with van der Waals surface area (Å²) in [6, 6.07) is 3.43. The van der Waals surface area contributed by atoms with Gasteiger partial charge in [0.2, 0.25) is 5.91 Å². The summed E-state index contributed by atoms with van der Waals surface area (Å²) < 4.78 is 31.2. The Morgan fingerprint density at radius 1 is 1.28 bits per heavy atom. The van der Waals surface area contributed by atoms with Gasteiger partial charge in [-0.3, -0.25) is 4.79 Å². The van der Waals surface area contributed by atoms with Gasteiger partial charge in [-0.1, -0.05) is 6.07 Å². The van der Waals surface area contributed by atoms with E-state index in [4.69, 9.17) is 4.74 Å². The van der Waals surface area contributed by atoms with Crippen LogP contribution in [0.2, 0.25) is 0 Å². The van der Waals surface area contributed by atoms with Crippen LogP contribution >= 0.6 is 0 Å². The summed E-state index contributed by atoms with van der Waals surface area (Å²) in [5.41, 5.74) is -0.403. The van der Waals surface area contributed by atoms with E-state index >= 15 is 0 Å². The Morgan fingerprint density at radius 2 is 1.94 bits per heavy atom. The van der Waals surface area contributed by atoms with Crippen LogP contribution in [0.3, 0.4) is 0 Å². The number of hydrogen-bond donors (Lipinski definition) is 2. The van der Waals surface area contributed by atoms with Gasteiger partial charge in [-0.05, 0) is 12.1 Å². The summed E-state index contributed by atoms with van der Waals surface area (Å²) >= 11 is 0. The number of carbonyl (C=O) groups is 1. The molecule has 6 heteroatoms. The number of anilines is 1. The van der Waals surface area contributed by atoms with Crippen LogP contribution in [0.15, 0.2) is 18.2 Å². The van der Waals surface area contributed by atoms with Gasteiger partial charge in [-0.2, -0.15) is 0 Å². The summed E-state index contributed by atoms with van der Waals surface area (Å²) in [6.07, 6.45) is 0.136. The minimum atomic E-state index is -0.782. The highest BCUT2D eigenvalue weighted by atomic mass is 19.1. The lowest BCUT2D eigenvalue weighted by Gasteiger charge is -2.08. The minimum Gasteiger partial charge on any atom is -0.383 e. The molecular formula is C12H16F2N2O2. The van der Waals surface area contributed by atoms with Gasteiger partial charge in [0.1, 0.15) is 17.3 Å². The monoisotopic (exact) mass is 258 g/mol. The van der Waals surface area contributed by atoms with Crippen LogP contribution in [0.1, 0.15) is 6.42 Å². The van der Waals surface area contributed by atoms with E-state index in [1.807, 2.05) is 0 Å². The first-order valence-electron chi connectivity index (χ1n) is 5.58. The van der Waals surface area contributed by atoms with Gasteiger partial charge in [0, 0.05) is 26.6 Å². The molecule has 0 unspecified atom stereocenters. The molecule has 1 rings (SSSR count). The summed E-state index contributed by atoms with van der Waals surface area (Å²) in [6.45, 7) is 1.59. The number of halogens is 2. The predicted octanol–water partition coefficient (Wildman–Crippen LogP) is 1.53. The maximum atomic E-state index is 13.2. The first-order chi connectivity index (χ1) is 8.65. The van der Waals surface area contributed by atoms with E-state index in [1.54, 1.807) is 7.11 Å². The summed E-state index contributed by atoms with van der Waals surface area (Å²) in [7, 11) is 1.58. The number of benzene rings is 1. The van der Waals surface area contributed by atoms with Gasteiger partial charge in [-0.15, -0.1) is 0 Å². The summed E-state index contributed by atoms with van der Waals surface area (Å²) in [5.74, 6) is -2.00. The van der Waals surface area contributed by atoms with Crippen molar-refractivity contribution in [3.8, 4) is 0 Å². The highest BCUT2D eigenvalue weighted by Crippen LogP contribution is 2.17. The van der Waals surface area contributed by atoms with E-state index in [1.165, 1.54) is 6.07 Å². The molecule has 0 saturated heterocycles. The highest BCUT2D eigenvalue weighted by molar-refractivity contribution is 5.91. The lowest BCUT2D eigenvalue weighted by molar-refractivity contribution is -0.116. The molecule has 0 aliphatic heterocycles. The van der Waals surface area contributed by atoms with Gasteiger partial charge in [0.05, 0.1) is 6.61 Å². The van der Waals surface area contributed by atoms with Crippen molar-refractivity contribution in [3.63, 3.8) is 0 Å². The second-order valence-electron chi connectivity index (χ2n) is 3.64. The highest BCUT2D eigenvalue weighted by Gasteiger charge is 2.11. The van der Waals surface area contributed by atoms with E-state index in [2.05, 4.69) is 10.6 Å². The maximum Gasteiger partial charge on any atom is 0.225 e. The number of nitrogens with one attached hydrogen (secondary N) is 2. The Hall–Kier alpha value is -1.53. The third-order valence-electron chi connectivity index (χ3n) is 2.24. The molecule has 4 nitrogen and oxygen atoms in total. The molecule has 0 atom stereocenters. The molecule has 0 aliphatic carbocycles. The number of rotatable bonds is 7. The molecule has 0 bridgehead atoms. The van der Waals surface area contributed by atoms with Gasteiger partial charge >= 0.3 is 0 Å². The third kappa shape index (κ3) is 4.77. The zero-order valence-electron chi connectivity index (χ0n) is 10.1. The number of ether oxygens (including phenoxy) is 1. The number of para-hydroxylation sites is 1. The Balaban J connectivity index is 2.36. The number of carbonyl (C=O) groups excluding carboxylic acids is 1. The van der Waals surface area contributed by atoms with Crippen LogP contribution in [-0.2, 0) is 9.53 Å². The molecule has 100 valence electrons. The number of methoxy groups -OCH3 is 1. The van der Waals surface area contributed by atoms with Crippen molar-refractivity contribution in [2.75, 3.05) is 32.1 Å². The SMILES string of the molecule is COCCNCCC(=O)Nc1c(F)cccc1F. The number of amides is 1. The molecule has 0 aliphatic rings. The molecule has 18 heavy (non-hydrogen) atoms. The fourth-order valence-electron chi connectivity index (χ4n) is 1.32. The molecule has 0 aromatic heterocycles. The maximum absolute atomic E-state index is 13.2. The van der Waals surface area contributed by atoms with Crippen molar-refractivity contribution < 1.29 is 18.3 Å². The molecule has 0 spiro atoms. The quantitative estimate of drug-likeness (QED) is 0.729. The fraction of sp³-hybridized carbons (Fsp3) is 0.417. The lowest BCUT2D eigenvalue weighted by atomic mass is 10.2. The summed E-state index contributed by atoms with van der Waals surface area (Å²) in [5, 5.41) is 5.17. The van der Waals surface area contributed by atoms with Crippen molar-refractivity contribution >= 4 is 11.6 Å². The van der Waals surface area contributed by atoms with E-state index in [0.717, 1.165) is 12.1 Å². The van der Waals surface area contributed by atoms with E-state index in [0.29, 0.717) is 19.7 Å². The molecule has 2 N–H and O–H groups in total. The Morgan fingerprint density at radius 3 is 2.56 bits per heavy atom. The van der Waals surface area contributed by atoms with Gasteiger partial charge < -0.3 is 15.4 Å². The van der Waals surface area contributed by atoms with Crippen molar-refractivity contribution in [2.45, 2.75) is 6.42 Å². The van der Waals surface area contributed by atoms with Crippen LogP contribution in [0.5, 0.6) is 0 Å². The van der Waals surface area contributed by atoms with Crippen LogP contribution in [0.25, 0.3) is 0 Å². The minimum absolute atomic E-state index is 0.136. The second kappa shape index (κ2) is 7.73. The largest absolute Gasteiger partial charge is 0.383 e. The van der Waals surface area contributed by atoms with Crippen molar-refractivity contribution in [3.05, 3.63) is 29.8 Å². The molecular weight excluding hydrogens is 242 g/mol.